The maximum atomic E-state index is 12.5. The fraction of sp³-hybridized carbons (Fsp3) is 0.231. The molecular weight excluding hydrogens is 229 g/mol. The highest BCUT2D eigenvalue weighted by atomic mass is 19.4. The van der Waals surface area contributed by atoms with E-state index in [9.17, 15) is 13.2 Å². The average molecular weight is 240 g/mol. The molecule has 0 saturated carbocycles. The molecule has 1 heterocycles. The van der Waals surface area contributed by atoms with Crippen LogP contribution in [0.1, 0.15) is 24.7 Å². The molecule has 17 heavy (non-hydrogen) atoms. The summed E-state index contributed by atoms with van der Waals surface area (Å²) in [5.74, 6) is 0.571. The quantitative estimate of drug-likeness (QED) is 0.729. The van der Waals surface area contributed by atoms with Gasteiger partial charge in [0.2, 0.25) is 0 Å². The van der Waals surface area contributed by atoms with Crippen LogP contribution >= 0.6 is 0 Å². The molecule has 0 N–H and O–H groups in total. The molecule has 0 atom stereocenters. The first kappa shape index (κ1) is 11.8. The van der Waals surface area contributed by atoms with E-state index in [2.05, 4.69) is 0 Å². The van der Waals surface area contributed by atoms with Crippen LogP contribution in [-0.2, 0) is 6.18 Å². The summed E-state index contributed by atoms with van der Waals surface area (Å²) in [7, 11) is 0. The minimum absolute atomic E-state index is 0.260. The van der Waals surface area contributed by atoms with Crippen molar-refractivity contribution in [3.8, 4) is 0 Å². The minimum Gasteiger partial charge on any atom is -0.457 e. The first-order valence-corrected chi connectivity index (χ1v) is 5.28. The highest BCUT2D eigenvalue weighted by Gasteiger charge is 2.30. The zero-order chi connectivity index (χ0) is 12.5. The number of halogens is 3. The van der Waals surface area contributed by atoms with Gasteiger partial charge < -0.3 is 4.42 Å². The highest BCUT2D eigenvalue weighted by Crippen LogP contribution is 2.32. The standard InChI is InChI=1S/C13H11F3O/c1-2-3-4-11-7-9-5-6-10(13(14,15)16)8-12(9)17-11/h3-8H,2H2,1H3/b4-3+. The van der Waals surface area contributed by atoms with E-state index in [1.807, 2.05) is 13.0 Å². The van der Waals surface area contributed by atoms with Gasteiger partial charge in [0.15, 0.2) is 0 Å². The van der Waals surface area contributed by atoms with Gasteiger partial charge in [-0.1, -0.05) is 19.1 Å². The van der Waals surface area contributed by atoms with Gasteiger partial charge in [0.1, 0.15) is 11.3 Å². The second-order valence-corrected chi connectivity index (χ2v) is 3.71. The van der Waals surface area contributed by atoms with E-state index in [1.165, 1.54) is 6.07 Å². The molecule has 4 heteroatoms. The van der Waals surface area contributed by atoms with E-state index in [0.29, 0.717) is 11.1 Å². The zero-order valence-corrected chi connectivity index (χ0v) is 9.21. The van der Waals surface area contributed by atoms with Crippen molar-refractivity contribution >= 4 is 17.0 Å². The molecule has 1 nitrogen and oxygen atoms in total. The monoisotopic (exact) mass is 240 g/mol. The molecule has 90 valence electrons. The molecule has 0 unspecified atom stereocenters. The van der Waals surface area contributed by atoms with Gasteiger partial charge in [0, 0.05) is 5.39 Å². The van der Waals surface area contributed by atoms with Gasteiger partial charge in [-0.25, -0.2) is 0 Å². The normalized spacial score (nSPS) is 12.7. The molecule has 0 spiro atoms. The summed E-state index contributed by atoms with van der Waals surface area (Å²) in [5, 5.41) is 0.675. The molecule has 0 saturated heterocycles. The van der Waals surface area contributed by atoms with Crippen LogP contribution in [0, 0.1) is 0 Å². The van der Waals surface area contributed by atoms with Crippen LogP contribution in [0.15, 0.2) is 34.8 Å². The van der Waals surface area contributed by atoms with Crippen molar-refractivity contribution in [2.45, 2.75) is 19.5 Å². The lowest BCUT2D eigenvalue weighted by molar-refractivity contribution is -0.137. The molecule has 0 bridgehead atoms. The maximum absolute atomic E-state index is 12.5. The molecule has 2 rings (SSSR count). The fourth-order valence-corrected chi connectivity index (χ4v) is 1.54. The smallest absolute Gasteiger partial charge is 0.416 e. The summed E-state index contributed by atoms with van der Waals surface area (Å²) < 4.78 is 42.7. The zero-order valence-electron chi connectivity index (χ0n) is 9.21. The fourth-order valence-electron chi connectivity index (χ4n) is 1.54. The van der Waals surface area contributed by atoms with Crippen LogP contribution in [0.2, 0.25) is 0 Å². The summed E-state index contributed by atoms with van der Waals surface area (Å²) >= 11 is 0. The third kappa shape index (κ3) is 2.52. The number of rotatable bonds is 2. The van der Waals surface area contributed by atoms with Gasteiger partial charge in [-0.15, -0.1) is 0 Å². The number of allylic oxidation sites excluding steroid dienone is 1. The first-order valence-electron chi connectivity index (χ1n) is 5.28. The van der Waals surface area contributed by atoms with Gasteiger partial charge in [0.25, 0.3) is 0 Å². The van der Waals surface area contributed by atoms with E-state index >= 15 is 0 Å². The minimum atomic E-state index is -4.33. The van der Waals surface area contributed by atoms with Crippen molar-refractivity contribution in [3.05, 3.63) is 41.7 Å². The Morgan fingerprint density at radius 2 is 2.00 bits per heavy atom. The number of alkyl halides is 3. The van der Waals surface area contributed by atoms with Crippen molar-refractivity contribution in [2.24, 2.45) is 0 Å². The summed E-state index contributed by atoms with van der Waals surface area (Å²) in [6, 6.07) is 5.23. The summed E-state index contributed by atoms with van der Waals surface area (Å²) in [5.41, 5.74) is -0.430. The SMILES string of the molecule is CC/C=C/c1cc2ccc(C(F)(F)F)cc2o1. The Kier molecular flexibility index (Phi) is 2.96. The Balaban J connectivity index is 2.44. The number of hydrogen-bond acceptors (Lipinski definition) is 1. The summed E-state index contributed by atoms with van der Waals surface area (Å²) in [6.07, 6.45) is 0.168. The summed E-state index contributed by atoms with van der Waals surface area (Å²) in [4.78, 5) is 0. The highest BCUT2D eigenvalue weighted by molar-refractivity contribution is 5.80. The topological polar surface area (TPSA) is 13.1 Å². The van der Waals surface area contributed by atoms with Crippen LogP contribution in [0.25, 0.3) is 17.0 Å². The van der Waals surface area contributed by atoms with Crippen LogP contribution in [0.3, 0.4) is 0 Å². The second-order valence-electron chi connectivity index (χ2n) is 3.71. The van der Waals surface area contributed by atoms with Gasteiger partial charge in [0.05, 0.1) is 5.56 Å². The number of hydrogen-bond donors (Lipinski definition) is 0. The van der Waals surface area contributed by atoms with Crippen LogP contribution in [0.5, 0.6) is 0 Å². The molecule has 2 aromatic rings. The lowest BCUT2D eigenvalue weighted by Gasteiger charge is -2.04. The molecule has 0 aliphatic carbocycles. The van der Waals surface area contributed by atoms with E-state index in [1.54, 1.807) is 12.1 Å². The molecule has 0 fully saturated rings. The van der Waals surface area contributed by atoms with E-state index in [0.717, 1.165) is 18.6 Å². The van der Waals surface area contributed by atoms with Gasteiger partial charge in [-0.2, -0.15) is 13.2 Å². The average Bonchev–Trinajstić information content (AvgIpc) is 2.66. The first-order chi connectivity index (χ1) is 8.00. The van der Waals surface area contributed by atoms with Gasteiger partial charge in [-0.3, -0.25) is 0 Å². The molecular formula is C13H11F3O. The van der Waals surface area contributed by atoms with Crippen LogP contribution in [-0.4, -0.2) is 0 Å². The molecule has 0 aliphatic rings. The van der Waals surface area contributed by atoms with Crippen molar-refractivity contribution < 1.29 is 17.6 Å². The molecule has 0 radical (unpaired) electrons. The van der Waals surface area contributed by atoms with Crippen molar-refractivity contribution in [1.82, 2.24) is 0 Å². The number of fused-ring (bicyclic) bond motifs is 1. The second kappa shape index (κ2) is 4.28. The van der Waals surface area contributed by atoms with E-state index in [4.69, 9.17) is 4.42 Å². The van der Waals surface area contributed by atoms with Crippen molar-refractivity contribution in [2.75, 3.05) is 0 Å². The Morgan fingerprint density at radius 3 is 2.65 bits per heavy atom. The third-order valence-corrected chi connectivity index (χ3v) is 2.38. The van der Waals surface area contributed by atoms with E-state index < -0.39 is 11.7 Å². The number of benzene rings is 1. The Bertz CT molecular complexity index is 549. The molecule has 0 aliphatic heterocycles. The maximum Gasteiger partial charge on any atom is 0.416 e. The number of furan rings is 1. The largest absolute Gasteiger partial charge is 0.457 e. The van der Waals surface area contributed by atoms with Crippen molar-refractivity contribution in [1.29, 1.82) is 0 Å². The lowest BCUT2D eigenvalue weighted by Crippen LogP contribution is -2.03. The third-order valence-electron chi connectivity index (χ3n) is 2.38. The molecule has 0 amide bonds. The predicted molar refractivity (Wildman–Crippen MR) is 60.5 cm³/mol. The molecule has 1 aromatic carbocycles. The van der Waals surface area contributed by atoms with Crippen LogP contribution < -0.4 is 0 Å². The van der Waals surface area contributed by atoms with Crippen molar-refractivity contribution in [3.63, 3.8) is 0 Å². The Morgan fingerprint density at radius 1 is 1.24 bits per heavy atom. The lowest BCUT2D eigenvalue weighted by atomic mass is 10.1. The van der Waals surface area contributed by atoms with Gasteiger partial charge in [-0.05, 0) is 30.7 Å². The predicted octanol–water partition coefficient (Wildman–Crippen LogP) is 4.87. The Labute approximate surface area is 96.5 Å². The molecule has 1 aromatic heterocycles. The Hall–Kier alpha value is -1.71. The van der Waals surface area contributed by atoms with E-state index in [-0.39, 0.29) is 5.58 Å². The summed E-state index contributed by atoms with van der Waals surface area (Å²) in [6.45, 7) is 1.97. The van der Waals surface area contributed by atoms with Gasteiger partial charge >= 0.3 is 6.18 Å². The van der Waals surface area contributed by atoms with Crippen LogP contribution in [0.4, 0.5) is 13.2 Å².